The van der Waals surface area contributed by atoms with Gasteiger partial charge in [-0.15, -0.1) is 0 Å². The standard InChI is InChI=1S/C27H18ClN3O2/c28-21-9-5-8-19(15-21)22(27(32)33)16-24-30-25(26(31-24)23-10-3-4-13-29-23)20-12-11-17-6-1-2-7-18(17)14-20/h1-16H,(H,30,31)(H,32,33)/b22-16-. The first-order chi connectivity index (χ1) is 16.1. The molecule has 6 heteroatoms. The van der Waals surface area contributed by atoms with Gasteiger partial charge in [-0.05, 0) is 52.7 Å². The van der Waals surface area contributed by atoms with Gasteiger partial charge in [0.25, 0.3) is 0 Å². The van der Waals surface area contributed by atoms with Gasteiger partial charge >= 0.3 is 5.97 Å². The van der Waals surface area contributed by atoms with Crippen LogP contribution in [-0.2, 0) is 4.79 Å². The van der Waals surface area contributed by atoms with Crippen LogP contribution >= 0.6 is 11.6 Å². The second-order valence-corrected chi connectivity index (χ2v) is 7.93. The summed E-state index contributed by atoms with van der Waals surface area (Å²) in [5, 5.41) is 12.5. The molecule has 2 aromatic heterocycles. The Balaban J connectivity index is 1.68. The van der Waals surface area contributed by atoms with Gasteiger partial charge in [-0.25, -0.2) is 9.78 Å². The Hall–Kier alpha value is -4.22. The highest BCUT2D eigenvalue weighted by atomic mass is 35.5. The normalized spacial score (nSPS) is 11.6. The monoisotopic (exact) mass is 451 g/mol. The number of carbonyl (C=O) groups is 1. The van der Waals surface area contributed by atoms with Crippen molar-refractivity contribution in [2.45, 2.75) is 0 Å². The highest BCUT2D eigenvalue weighted by Gasteiger charge is 2.17. The maximum atomic E-state index is 12.0. The van der Waals surface area contributed by atoms with Crippen molar-refractivity contribution >= 4 is 40.0 Å². The number of carboxylic acids is 1. The summed E-state index contributed by atoms with van der Waals surface area (Å²) >= 11 is 6.08. The first-order valence-electron chi connectivity index (χ1n) is 10.3. The van der Waals surface area contributed by atoms with E-state index in [-0.39, 0.29) is 5.57 Å². The molecule has 160 valence electrons. The smallest absolute Gasteiger partial charge is 0.336 e. The van der Waals surface area contributed by atoms with E-state index in [4.69, 9.17) is 16.6 Å². The molecule has 33 heavy (non-hydrogen) atoms. The number of carboxylic acid groups (broad SMARTS) is 1. The Morgan fingerprint density at radius 1 is 0.909 bits per heavy atom. The van der Waals surface area contributed by atoms with Crippen molar-refractivity contribution in [1.82, 2.24) is 15.0 Å². The quantitative estimate of drug-likeness (QED) is 0.296. The van der Waals surface area contributed by atoms with Gasteiger partial charge in [0.05, 0.1) is 17.0 Å². The number of hydrogen-bond donors (Lipinski definition) is 2. The van der Waals surface area contributed by atoms with E-state index in [1.807, 2.05) is 36.4 Å². The number of aromatic amines is 1. The van der Waals surface area contributed by atoms with Crippen molar-refractivity contribution in [1.29, 1.82) is 0 Å². The average molecular weight is 452 g/mol. The van der Waals surface area contributed by atoms with E-state index in [1.54, 1.807) is 30.5 Å². The van der Waals surface area contributed by atoms with Gasteiger partial charge < -0.3 is 10.1 Å². The van der Waals surface area contributed by atoms with Crippen LogP contribution in [0.2, 0.25) is 5.02 Å². The first-order valence-corrected chi connectivity index (χ1v) is 10.7. The number of benzene rings is 3. The highest BCUT2D eigenvalue weighted by molar-refractivity contribution is 6.31. The zero-order chi connectivity index (χ0) is 22.8. The summed E-state index contributed by atoms with van der Waals surface area (Å²) in [5.41, 5.74) is 3.62. The van der Waals surface area contributed by atoms with E-state index in [2.05, 4.69) is 34.2 Å². The second-order valence-electron chi connectivity index (χ2n) is 7.50. The lowest BCUT2D eigenvalue weighted by Crippen LogP contribution is -2.00. The van der Waals surface area contributed by atoms with E-state index in [0.717, 1.165) is 22.0 Å². The van der Waals surface area contributed by atoms with Crippen LogP contribution in [0.25, 0.3) is 45.1 Å². The number of rotatable bonds is 5. The molecule has 0 atom stereocenters. The molecule has 0 aliphatic heterocycles. The summed E-state index contributed by atoms with van der Waals surface area (Å²) in [6.07, 6.45) is 3.23. The number of fused-ring (bicyclic) bond motifs is 1. The molecule has 0 spiro atoms. The zero-order valence-corrected chi connectivity index (χ0v) is 18.1. The Bertz CT molecular complexity index is 1510. The van der Waals surface area contributed by atoms with E-state index in [1.165, 1.54) is 6.08 Å². The van der Waals surface area contributed by atoms with Gasteiger partial charge in [0, 0.05) is 16.8 Å². The number of aliphatic carboxylic acids is 1. The zero-order valence-electron chi connectivity index (χ0n) is 17.4. The van der Waals surface area contributed by atoms with Crippen LogP contribution in [0, 0.1) is 0 Å². The van der Waals surface area contributed by atoms with E-state index >= 15 is 0 Å². The molecule has 0 bridgehead atoms. The average Bonchev–Trinajstić information content (AvgIpc) is 3.27. The van der Waals surface area contributed by atoms with Crippen LogP contribution < -0.4 is 0 Å². The largest absolute Gasteiger partial charge is 0.478 e. The minimum absolute atomic E-state index is 0.0869. The SMILES string of the molecule is O=C(O)/C(=C\c1nc(-c2ccccn2)c(-c2ccc3ccccc3c2)[nH]1)c1cccc(Cl)c1. The van der Waals surface area contributed by atoms with Crippen LogP contribution in [0.5, 0.6) is 0 Å². The maximum Gasteiger partial charge on any atom is 0.336 e. The van der Waals surface area contributed by atoms with Crippen molar-refractivity contribution in [2.75, 3.05) is 0 Å². The topological polar surface area (TPSA) is 78.9 Å². The molecule has 0 saturated heterocycles. The summed E-state index contributed by atoms with van der Waals surface area (Å²) in [6, 6.07) is 26.6. The molecule has 5 aromatic rings. The molecule has 5 rings (SSSR count). The summed E-state index contributed by atoms with van der Waals surface area (Å²) in [5.74, 6) is -0.656. The molecule has 0 unspecified atom stereocenters. The maximum absolute atomic E-state index is 12.0. The Kier molecular flexibility index (Phi) is 5.47. The first kappa shape index (κ1) is 20.7. The molecule has 0 fully saturated rings. The van der Waals surface area contributed by atoms with Crippen LogP contribution in [0.1, 0.15) is 11.4 Å². The third-order valence-corrected chi connectivity index (χ3v) is 5.55. The molecule has 0 saturated carbocycles. The fourth-order valence-corrected chi connectivity index (χ4v) is 3.95. The number of hydrogen-bond acceptors (Lipinski definition) is 3. The molecular weight excluding hydrogens is 434 g/mol. The number of aromatic nitrogens is 3. The van der Waals surface area contributed by atoms with Crippen molar-refractivity contribution < 1.29 is 9.90 Å². The molecule has 3 aromatic carbocycles. The number of pyridine rings is 1. The summed E-state index contributed by atoms with van der Waals surface area (Å²) < 4.78 is 0. The van der Waals surface area contributed by atoms with Gasteiger partial charge in [0.1, 0.15) is 11.5 Å². The summed E-state index contributed by atoms with van der Waals surface area (Å²) in [4.78, 5) is 24.5. The molecule has 2 N–H and O–H groups in total. The number of nitrogens with one attached hydrogen (secondary N) is 1. The number of halogens is 1. The lowest BCUT2D eigenvalue weighted by atomic mass is 10.0. The third-order valence-electron chi connectivity index (χ3n) is 5.31. The number of H-pyrrole nitrogens is 1. The fraction of sp³-hybridized carbons (Fsp3) is 0. The van der Waals surface area contributed by atoms with Crippen molar-refractivity contribution in [3.05, 3.63) is 108 Å². The molecule has 0 radical (unpaired) electrons. The van der Waals surface area contributed by atoms with Crippen LogP contribution in [0.3, 0.4) is 0 Å². The minimum Gasteiger partial charge on any atom is -0.478 e. The van der Waals surface area contributed by atoms with Crippen molar-refractivity contribution in [2.24, 2.45) is 0 Å². The van der Waals surface area contributed by atoms with Crippen molar-refractivity contribution in [3.8, 4) is 22.6 Å². The summed E-state index contributed by atoms with van der Waals surface area (Å²) in [6.45, 7) is 0. The Labute approximate surface area is 195 Å². The molecule has 2 heterocycles. The van der Waals surface area contributed by atoms with Gasteiger partial charge in [-0.1, -0.05) is 66.2 Å². The lowest BCUT2D eigenvalue weighted by Gasteiger charge is -2.05. The second kappa shape index (κ2) is 8.73. The number of nitrogens with zero attached hydrogens (tertiary/aromatic N) is 2. The van der Waals surface area contributed by atoms with Gasteiger partial charge in [0.2, 0.25) is 0 Å². The van der Waals surface area contributed by atoms with Gasteiger partial charge in [0.15, 0.2) is 0 Å². The van der Waals surface area contributed by atoms with E-state index in [9.17, 15) is 9.90 Å². The van der Waals surface area contributed by atoms with Crippen molar-refractivity contribution in [3.63, 3.8) is 0 Å². The van der Waals surface area contributed by atoms with Crippen LogP contribution in [0.15, 0.2) is 91.1 Å². The van der Waals surface area contributed by atoms with E-state index in [0.29, 0.717) is 27.8 Å². The molecule has 0 aliphatic rings. The molecule has 0 amide bonds. The fourth-order valence-electron chi connectivity index (χ4n) is 3.76. The molecular formula is C27H18ClN3O2. The predicted octanol–water partition coefficient (Wildman–Crippen LogP) is 6.57. The predicted molar refractivity (Wildman–Crippen MR) is 132 cm³/mol. The van der Waals surface area contributed by atoms with Crippen LogP contribution in [-0.4, -0.2) is 26.0 Å². The minimum atomic E-state index is -1.07. The van der Waals surface area contributed by atoms with Crippen LogP contribution in [0.4, 0.5) is 0 Å². The molecule has 0 aliphatic carbocycles. The third kappa shape index (κ3) is 4.27. The lowest BCUT2D eigenvalue weighted by molar-refractivity contribution is -0.130. The summed E-state index contributed by atoms with van der Waals surface area (Å²) in [7, 11) is 0. The molecule has 5 nitrogen and oxygen atoms in total. The number of imidazole rings is 1. The van der Waals surface area contributed by atoms with Gasteiger partial charge in [-0.3, -0.25) is 4.98 Å². The van der Waals surface area contributed by atoms with Gasteiger partial charge in [-0.2, -0.15) is 0 Å². The Morgan fingerprint density at radius 2 is 1.73 bits per heavy atom. The highest BCUT2D eigenvalue weighted by Crippen LogP contribution is 2.32. The van der Waals surface area contributed by atoms with E-state index < -0.39 is 5.97 Å². The Morgan fingerprint density at radius 3 is 2.48 bits per heavy atom.